The number of furan rings is 2. The first-order valence-corrected chi connectivity index (χ1v) is 5.76. The van der Waals surface area contributed by atoms with Crippen molar-refractivity contribution in [3.8, 4) is 6.07 Å². The number of aryl methyl sites for hydroxylation is 1. The summed E-state index contributed by atoms with van der Waals surface area (Å²) in [4.78, 5) is 11.8. The van der Waals surface area contributed by atoms with Crippen molar-refractivity contribution < 1.29 is 26.8 Å². The van der Waals surface area contributed by atoms with Gasteiger partial charge in [0.25, 0.3) is 5.91 Å². The lowest BCUT2D eigenvalue weighted by Crippen LogP contribution is -2.14. The van der Waals surface area contributed by atoms with Gasteiger partial charge in [-0.15, -0.1) is 0 Å². The average Bonchev–Trinajstić information content (AvgIpc) is 2.97. The molecule has 2 rings (SSSR count). The third-order valence-electron chi connectivity index (χ3n) is 2.67. The highest BCUT2D eigenvalue weighted by molar-refractivity contribution is 6.02. The number of halogens is 3. The Morgan fingerprint density at radius 3 is 2.71 bits per heavy atom. The zero-order valence-corrected chi connectivity index (χ0v) is 10.7. The molecule has 0 saturated heterocycles. The third-order valence-corrected chi connectivity index (χ3v) is 2.67. The van der Waals surface area contributed by atoms with Gasteiger partial charge in [0.15, 0.2) is 5.76 Å². The summed E-state index contributed by atoms with van der Waals surface area (Å²) in [7, 11) is 0. The molecule has 2 aromatic heterocycles. The molecule has 0 radical (unpaired) electrons. The van der Waals surface area contributed by atoms with Crippen LogP contribution in [0.3, 0.4) is 0 Å². The van der Waals surface area contributed by atoms with E-state index in [0.29, 0.717) is 0 Å². The fraction of sp³-hybridized carbons (Fsp3) is 0.231. The number of carbonyl (C=O) groups is 1. The monoisotopic (exact) mass is 298 g/mol. The molecule has 110 valence electrons. The van der Waals surface area contributed by atoms with Crippen molar-refractivity contribution in [3.63, 3.8) is 0 Å². The minimum atomic E-state index is -4.48. The summed E-state index contributed by atoms with van der Waals surface area (Å²) in [5.41, 5.74) is -0.635. The zero-order chi connectivity index (χ0) is 15.6. The number of anilines is 1. The lowest BCUT2D eigenvalue weighted by Gasteiger charge is -2.04. The van der Waals surface area contributed by atoms with E-state index < -0.39 is 18.5 Å². The first kappa shape index (κ1) is 14.7. The van der Waals surface area contributed by atoms with Crippen molar-refractivity contribution in [3.05, 3.63) is 41.0 Å². The predicted octanol–water partition coefficient (Wildman–Crippen LogP) is 3.41. The Labute approximate surface area is 117 Å². The van der Waals surface area contributed by atoms with Gasteiger partial charge in [-0.05, 0) is 19.1 Å². The molecule has 0 spiro atoms. The second-order valence-corrected chi connectivity index (χ2v) is 4.18. The zero-order valence-electron chi connectivity index (χ0n) is 10.7. The number of nitrogens with one attached hydrogen (secondary N) is 1. The van der Waals surface area contributed by atoms with Crippen LogP contribution in [0.15, 0.2) is 27.2 Å². The predicted molar refractivity (Wildman–Crippen MR) is 64.6 cm³/mol. The van der Waals surface area contributed by atoms with E-state index in [0.717, 1.165) is 0 Å². The van der Waals surface area contributed by atoms with Crippen LogP contribution in [0.4, 0.5) is 19.1 Å². The topological polar surface area (TPSA) is 79.2 Å². The molecule has 5 nitrogen and oxygen atoms in total. The molecule has 2 heterocycles. The average molecular weight is 298 g/mol. The summed E-state index contributed by atoms with van der Waals surface area (Å²) in [6.45, 7) is 1.30. The fourth-order valence-electron chi connectivity index (χ4n) is 1.77. The Kier molecular flexibility index (Phi) is 3.76. The first-order valence-electron chi connectivity index (χ1n) is 5.76. The standard InChI is InChI=1S/C13H9F3N2O3/c1-7-8(5-13(14,15)16)9(6-17)12(21-7)18-11(19)10-3-2-4-20-10/h2-4H,5H2,1H3,(H,18,19). The molecule has 0 saturated carbocycles. The van der Waals surface area contributed by atoms with Gasteiger partial charge in [0.2, 0.25) is 5.88 Å². The highest BCUT2D eigenvalue weighted by Gasteiger charge is 2.33. The van der Waals surface area contributed by atoms with Gasteiger partial charge in [-0.25, -0.2) is 0 Å². The number of hydrogen-bond donors (Lipinski definition) is 1. The van der Waals surface area contributed by atoms with Crippen LogP contribution >= 0.6 is 0 Å². The van der Waals surface area contributed by atoms with Gasteiger partial charge in [-0.2, -0.15) is 18.4 Å². The van der Waals surface area contributed by atoms with Crippen molar-refractivity contribution >= 4 is 11.8 Å². The molecule has 0 aromatic carbocycles. The van der Waals surface area contributed by atoms with Crippen LogP contribution in [0.2, 0.25) is 0 Å². The third kappa shape index (κ3) is 3.25. The summed E-state index contributed by atoms with van der Waals surface area (Å²) < 4.78 is 47.3. The highest BCUT2D eigenvalue weighted by Crippen LogP contribution is 2.32. The van der Waals surface area contributed by atoms with Crippen LogP contribution in [0.5, 0.6) is 0 Å². The normalized spacial score (nSPS) is 11.2. The molecule has 0 bridgehead atoms. The molecule has 0 aliphatic heterocycles. The van der Waals surface area contributed by atoms with E-state index >= 15 is 0 Å². The van der Waals surface area contributed by atoms with E-state index in [9.17, 15) is 18.0 Å². The quantitative estimate of drug-likeness (QED) is 0.941. The molecule has 0 fully saturated rings. The molecular weight excluding hydrogens is 289 g/mol. The Bertz CT molecular complexity index is 694. The van der Waals surface area contributed by atoms with Crippen LogP contribution < -0.4 is 5.32 Å². The summed E-state index contributed by atoms with van der Waals surface area (Å²) in [5, 5.41) is 11.2. The lowest BCUT2D eigenvalue weighted by molar-refractivity contribution is -0.127. The van der Waals surface area contributed by atoms with Gasteiger partial charge in [0, 0.05) is 5.56 Å². The Morgan fingerprint density at radius 2 is 2.19 bits per heavy atom. The molecule has 0 aliphatic carbocycles. The van der Waals surface area contributed by atoms with Crippen LogP contribution in [0, 0.1) is 18.3 Å². The van der Waals surface area contributed by atoms with Crippen molar-refractivity contribution in [1.29, 1.82) is 5.26 Å². The largest absolute Gasteiger partial charge is 0.459 e. The van der Waals surface area contributed by atoms with Crippen LogP contribution in [-0.2, 0) is 6.42 Å². The molecule has 8 heteroatoms. The Hall–Kier alpha value is -2.69. The fourth-order valence-corrected chi connectivity index (χ4v) is 1.77. The van der Waals surface area contributed by atoms with Gasteiger partial charge in [0.1, 0.15) is 17.4 Å². The van der Waals surface area contributed by atoms with Crippen LogP contribution in [-0.4, -0.2) is 12.1 Å². The van der Waals surface area contributed by atoms with Crippen molar-refractivity contribution in [2.24, 2.45) is 0 Å². The molecule has 2 aromatic rings. The van der Waals surface area contributed by atoms with E-state index in [-0.39, 0.29) is 28.5 Å². The van der Waals surface area contributed by atoms with Crippen molar-refractivity contribution in [2.45, 2.75) is 19.5 Å². The number of nitrogens with zero attached hydrogens (tertiary/aromatic N) is 1. The second kappa shape index (κ2) is 5.36. The number of amides is 1. The minimum absolute atomic E-state index is 0.0506. The van der Waals surface area contributed by atoms with Gasteiger partial charge >= 0.3 is 6.18 Å². The van der Waals surface area contributed by atoms with E-state index in [1.54, 1.807) is 6.07 Å². The Morgan fingerprint density at radius 1 is 1.48 bits per heavy atom. The molecule has 21 heavy (non-hydrogen) atoms. The number of hydrogen-bond acceptors (Lipinski definition) is 4. The van der Waals surface area contributed by atoms with Crippen molar-refractivity contribution in [1.82, 2.24) is 0 Å². The number of rotatable bonds is 3. The number of alkyl halides is 3. The molecule has 0 aliphatic rings. The summed E-state index contributed by atoms with van der Waals surface area (Å²) in [6.07, 6.45) is -4.52. The smallest absolute Gasteiger partial charge is 0.393 e. The molecular formula is C13H9F3N2O3. The molecule has 0 atom stereocenters. The SMILES string of the molecule is Cc1oc(NC(=O)c2ccco2)c(C#N)c1CC(F)(F)F. The number of carbonyl (C=O) groups excluding carboxylic acids is 1. The maximum atomic E-state index is 12.5. The highest BCUT2D eigenvalue weighted by atomic mass is 19.4. The van der Waals surface area contributed by atoms with Gasteiger partial charge in [-0.3, -0.25) is 10.1 Å². The van der Waals surface area contributed by atoms with E-state index in [4.69, 9.17) is 14.1 Å². The second-order valence-electron chi connectivity index (χ2n) is 4.18. The van der Waals surface area contributed by atoms with Crippen LogP contribution in [0.25, 0.3) is 0 Å². The summed E-state index contributed by atoms with van der Waals surface area (Å²) in [6, 6.07) is 4.46. The van der Waals surface area contributed by atoms with Crippen LogP contribution in [0.1, 0.15) is 27.4 Å². The molecule has 0 unspecified atom stereocenters. The maximum absolute atomic E-state index is 12.5. The van der Waals surface area contributed by atoms with E-state index in [1.807, 2.05) is 0 Å². The minimum Gasteiger partial charge on any atom is -0.459 e. The van der Waals surface area contributed by atoms with Gasteiger partial charge in [0.05, 0.1) is 12.7 Å². The molecule has 1 N–H and O–H groups in total. The van der Waals surface area contributed by atoms with E-state index in [2.05, 4.69) is 5.32 Å². The lowest BCUT2D eigenvalue weighted by atomic mass is 10.1. The summed E-state index contributed by atoms with van der Waals surface area (Å²) >= 11 is 0. The first-order chi connectivity index (χ1) is 9.81. The van der Waals surface area contributed by atoms with Gasteiger partial charge < -0.3 is 8.83 Å². The van der Waals surface area contributed by atoms with Crippen molar-refractivity contribution in [2.75, 3.05) is 5.32 Å². The van der Waals surface area contributed by atoms with Gasteiger partial charge in [-0.1, -0.05) is 0 Å². The van der Waals surface area contributed by atoms with E-state index in [1.165, 1.54) is 25.3 Å². The number of nitriles is 1. The maximum Gasteiger partial charge on any atom is 0.393 e. The Balaban J connectivity index is 2.31. The summed E-state index contributed by atoms with van der Waals surface area (Å²) in [5.74, 6) is -1.16. The molecule has 1 amide bonds.